The fourth-order valence-corrected chi connectivity index (χ4v) is 2.79. The number of nitrogens with one attached hydrogen (secondary N) is 1. The molecular weight excluding hydrogens is 356 g/mol. The number of ether oxygens (including phenoxy) is 3. The van der Waals surface area contributed by atoms with Gasteiger partial charge < -0.3 is 24.1 Å². The van der Waals surface area contributed by atoms with Crippen LogP contribution in [0.1, 0.15) is 22.6 Å². The summed E-state index contributed by atoms with van der Waals surface area (Å²) in [5, 5.41) is 7.32. The highest BCUT2D eigenvalue weighted by molar-refractivity contribution is 5.43. The van der Waals surface area contributed by atoms with Gasteiger partial charge in [-0.2, -0.15) is 0 Å². The molecule has 0 unspecified atom stereocenters. The Morgan fingerprint density at radius 2 is 1.82 bits per heavy atom. The number of hydrogen-bond donors (Lipinski definition) is 1. The van der Waals surface area contributed by atoms with Crippen LogP contribution in [0.25, 0.3) is 0 Å². The second-order valence-electron chi connectivity index (χ2n) is 6.41. The van der Waals surface area contributed by atoms with Gasteiger partial charge >= 0.3 is 0 Å². The molecule has 0 saturated carbocycles. The summed E-state index contributed by atoms with van der Waals surface area (Å²) in [5.74, 6) is 3.05. The minimum Gasteiger partial charge on any atom is -0.493 e. The molecule has 6 heteroatoms. The van der Waals surface area contributed by atoms with E-state index in [4.69, 9.17) is 18.7 Å². The van der Waals surface area contributed by atoms with Gasteiger partial charge in [0.2, 0.25) is 0 Å². The van der Waals surface area contributed by atoms with Crippen LogP contribution in [-0.4, -0.2) is 25.4 Å². The largest absolute Gasteiger partial charge is 0.493 e. The first kappa shape index (κ1) is 19.8. The second kappa shape index (κ2) is 9.80. The first-order valence-corrected chi connectivity index (χ1v) is 9.27. The molecule has 0 aliphatic rings. The lowest BCUT2D eigenvalue weighted by Crippen LogP contribution is -2.20. The molecule has 28 heavy (non-hydrogen) atoms. The summed E-state index contributed by atoms with van der Waals surface area (Å²) in [6.45, 7) is 6.26. The van der Waals surface area contributed by atoms with E-state index in [0.717, 1.165) is 41.4 Å². The number of para-hydroxylation sites is 1. The van der Waals surface area contributed by atoms with Crippen molar-refractivity contribution in [1.29, 1.82) is 0 Å². The van der Waals surface area contributed by atoms with Crippen LogP contribution < -0.4 is 19.5 Å². The predicted molar refractivity (Wildman–Crippen MR) is 107 cm³/mol. The molecule has 0 aliphatic heterocycles. The van der Waals surface area contributed by atoms with Crippen molar-refractivity contribution in [1.82, 2.24) is 10.5 Å². The van der Waals surface area contributed by atoms with Gasteiger partial charge in [-0.05, 0) is 43.7 Å². The van der Waals surface area contributed by atoms with Crippen LogP contribution >= 0.6 is 0 Å². The topological polar surface area (TPSA) is 65.8 Å². The predicted octanol–water partition coefficient (Wildman–Crippen LogP) is 4.05. The molecule has 0 spiro atoms. The van der Waals surface area contributed by atoms with E-state index in [-0.39, 0.29) is 0 Å². The van der Waals surface area contributed by atoms with Crippen molar-refractivity contribution in [3.05, 3.63) is 71.1 Å². The smallest absolute Gasteiger partial charge is 0.161 e. The zero-order chi connectivity index (χ0) is 19.8. The lowest BCUT2D eigenvalue weighted by Gasteiger charge is -2.13. The summed E-state index contributed by atoms with van der Waals surface area (Å²) < 4.78 is 22.2. The van der Waals surface area contributed by atoms with Crippen molar-refractivity contribution >= 4 is 0 Å². The molecule has 2 aromatic carbocycles. The number of hydrogen-bond acceptors (Lipinski definition) is 6. The molecule has 148 valence electrons. The highest BCUT2D eigenvalue weighted by atomic mass is 16.5. The molecule has 1 heterocycles. The van der Waals surface area contributed by atoms with E-state index >= 15 is 0 Å². The van der Waals surface area contributed by atoms with E-state index in [1.165, 1.54) is 0 Å². The SMILES string of the molecule is COc1cc(CNCCOc2ccccc2)ccc1OCc1c(C)noc1C. The number of aromatic nitrogens is 1. The summed E-state index contributed by atoms with van der Waals surface area (Å²) in [5.41, 5.74) is 2.92. The molecule has 0 radical (unpaired) electrons. The summed E-state index contributed by atoms with van der Waals surface area (Å²) in [6, 6.07) is 15.7. The van der Waals surface area contributed by atoms with Crippen molar-refractivity contribution < 1.29 is 18.7 Å². The third-order valence-corrected chi connectivity index (χ3v) is 4.40. The number of aryl methyl sites for hydroxylation is 2. The van der Waals surface area contributed by atoms with Gasteiger partial charge in [0.1, 0.15) is 24.7 Å². The van der Waals surface area contributed by atoms with E-state index in [0.29, 0.717) is 24.7 Å². The summed E-state index contributed by atoms with van der Waals surface area (Å²) in [7, 11) is 1.64. The van der Waals surface area contributed by atoms with Crippen molar-refractivity contribution in [2.75, 3.05) is 20.3 Å². The first-order chi connectivity index (χ1) is 13.7. The van der Waals surface area contributed by atoms with Gasteiger partial charge in [0.25, 0.3) is 0 Å². The summed E-state index contributed by atoms with van der Waals surface area (Å²) in [4.78, 5) is 0. The third-order valence-electron chi connectivity index (χ3n) is 4.40. The van der Waals surface area contributed by atoms with Gasteiger partial charge in [-0.1, -0.05) is 29.4 Å². The zero-order valence-electron chi connectivity index (χ0n) is 16.5. The molecule has 0 saturated heterocycles. The van der Waals surface area contributed by atoms with E-state index in [1.807, 2.05) is 62.4 Å². The Morgan fingerprint density at radius 1 is 1.00 bits per heavy atom. The Hall–Kier alpha value is -2.99. The molecule has 1 aromatic heterocycles. The Balaban J connectivity index is 1.48. The third kappa shape index (κ3) is 5.27. The van der Waals surface area contributed by atoms with E-state index < -0.39 is 0 Å². The molecule has 0 bridgehead atoms. The maximum absolute atomic E-state index is 5.92. The fourth-order valence-electron chi connectivity index (χ4n) is 2.79. The number of nitrogens with zero attached hydrogens (tertiary/aromatic N) is 1. The molecule has 0 atom stereocenters. The van der Waals surface area contributed by atoms with Gasteiger partial charge in [0.05, 0.1) is 18.4 Å². The monoisotopic (exact) mass is 382 g/mol. The Kier molecular flexibility index (Phi) is 6.92. The van der Waals surface area contributed by atoms with Crippen LogP contribution in [0.15, 0.2) is 53.1 Å². The zero-order valence-corrected chi connectivity index (χ0v) is 16.5. The van der Waals surface area contributed by atoms with Crippen LogP contribution in [0.4, 0.5) is 0 Å². The Bertz CT molecular complexity index is 858. The number of rotatable bonds is 10. The van der Waals surface area contributed by atoms with Gasteiger partial charge in [-0.25, -0.2) is 0 Å². The van der Waals surface area contributed by atoms with Crippen molar-refractivity contribution in [3.8, 4) is 17.2 Å². The minimum atomic E-state index is 0.395. The fraction of sp³-hybridized carbons (Fsp3) is 0.318. The van der Waals surface area contributed by atoms with Crippen LogP contribution in [0.5, 0.6) is 17.2 Å². The van der Waals surface area contributed by atoms with Crippen molar-refractivity contribution in [3.63, 3.8) is 0 Å². The molecule has 1 N–H and O–H groups in total. The lowest BCUT2D eigenvalue weighted by molar-refractivity contribution is 0.281. The Labute approximate surface area is 165 Å². The molecular formula is C22H26N2O4. The molecule has 0 amide bonds. The van der Waals surface area contributed by atoms with Gasteiger partial charge in [0.15, 0.2) is 11.5 Å². The standard InChI is InChI=1S/C22H26N2O4/c1-16-20(17(2)28-24-16)15-27-21-10-9-18(13-22(21)25-3)14-23-11-12-26-19-7-5-4-6-8-19/h4-10,13,23H,11-12,14-15H2,1-3H3. The maximum atomic E-state index is 5.92. The minimum absolute atomic E-state index is 0.395. The molecule has 3 aromatic rings. The average molecular weight is 382 g/mol. The second-order valence-corrected chi connectivity index (χ2v) is 6.41. The van der Waals surface area contributed by atoms with Gasteiger partial charge in [-0.3, -0.25) is 0 Å². The van der Waals surface area contributed by atoms with E-state index in [2.05, 4.69) is 10.5 Å². The van der Waals surface area contributed by atoms with Crippen LogP contribution in [-0.2, 0) is 13.2 Å². The molecule has 6 nitrogen and oxygen atoms in total. The Morgan fingerprint density at radius 3 is 2.54 bits per heavy atom. The summed E-state index contributed by atoms with van der Waals surface area (Å²) >= 11 is 0. The lowest BCUT2D eigenvalue weighted by atomic mass is 10.2. The highest BCUT2D eigenvalue weighted by Gasteiger charge is 2.12. The van der Waals surface area contributed by atoms with E-state index in [1.54, 1.807) is 7.11 Å². The van der Waals surface area contributed by atoms with E-state index in [9.17, 15) is 0 Å². The average Bonchev–Trinajstić information content (AvgIpc) is 3.05. The molecule has 0 aliphatic carbocycles. The molecule has 3 rings (SSSR count). The van der Waals surface area contributed by atoms with Gasteiger partial charge in [-0.15, -0.1) is 0 Å². The highest BCUT2D eigenvalue weighted by Crippen LogP contribution is 2.29. The first-order valence-electron chi connectivity index (χ1n) is 9.27. The van der Waals surface area contributed by atoms with Crippen LogP contribution in [0, 0.1) is 13.8 Å². The van der Waals surface area contributed by atoms with Crippen molar-refractivity contribution in [2.24, 2.45) is 0 Å². The number of benzene rings is 2. The van der Waals surface area contributed by atoms with Gasteiger partial charge in [0, 0.05) is 13.1 Å². The quantitative estimate of drug-likeness (QED) is 0.534. The molecule has 0 fully saturated rings. The normalized spacial score (nSPS) is 10.7. The summed E-state index contributed by atoms with van der Waals surface area (Å²) in [6.07, 6.45) is 0. The maximum Gasteiger partial charge on any atom is 0.161 e. The van der Waals surface area contributed by atoms with Crippen LogP contribution in [0.3, 0.4) is 0 Å². The van der Waals surface area contributed by atoms with Crippen molar-refractivity contribution in [2.45, 2.75) is 27.0 Å². The van der Waals surface area contributed by atoms with Crippen LogP contribution in [0.2, 0.25) is 0 Å². The number of methoxy groups -OCH3 is 1.